The Balaban J connectivity index is 1.77. The maximum atomic E-state index is 13.8. The first-order chi connectivity index (χ1) is 18.2. The standard InChI is InChI=1S/C28H33N3O6S/c1-19-16-31(20(2)18-32)38(34,35)27-12-11-21(23-9-5-6-10-24(23)36-4)14-25(27)37-26(19)17-30(3)28(33)22-8-7-13-29-15-22/h5-15,19-20,26,32H,16-18H2,1-4H3/t19-,20-,26+/m0/s1. The third-order valence-electron chi connectivity index (χ3n) is 6.79. The van der Waals surface area contributed by atoms with Gasteiger partial charge < -0.3 is 19.5 Å². The summed E-state index contributed by atoms with van der Waals surface area (Å²) in [6, 6.07) is 15.2. The molecule has 3 atom stereocenters. The van der Waals surface area contributed by atoms with Gasteiger partial charge in [0.15, 0.2) is 0 Å². The molecule has 0 saturated heterocycles. The van der Waals surface area contributed by atoms with E-state index in [4.69, 9.17) is 9.47 Å². The molecule has 2 aromatic carbocycles. The van der Waals surface area contributed by atoms with Crippen LogP contribution < -0.4 is 9.47 Å². The maximum absolute atomic E-state index is 13.8. The highest BCUT2D eigenvalue weighted by Crippen LogP contribution is 2.38. The third kappa shape index (κ3) is 5.52. The number of benzene rings is 2. The predicted octanol–water partition coefficient (Wildman–Crippen LogP) is 3.30. The number of nitrogens with zero attached hydrogens (tertiary/aromatic N) is 3. The number of fused-ring (bicyclic) bond motifs is 1. The van der Waals surface area contributed by atoms with Gasteiger partial charge in [-0.1, -0.05) is 31.2 Å². The summed E-state index contributed by atoms with van der Waals surface area (Å²) in [6.45, 7) is 3.56. The molecule has 0 bridgehead atoms. The van der Waals surface area contributed by atoms with Gasteiger partial charge in [0.05, 0.1) is 25.8 Å². The number of carbonyl (C=O) groups is 1. The van der Waals surface area contributed by atoms with Crippen LogP contribution >= 0.6 is 0 Å². The summed E-state index contributed by atoms with van der Waals surface area (Å²) in [4.78, 5) is 18.6. The molecule has 10 heteroatoms. The first-order valence-electron chi connectivity index (χ1n) is 12.4. The van der Waals surface area contributed by atoms with Crippen molar-refractivity contribution < 1.29 is 27.8 Å². The van der Waals surface area contributed by atoms with Crippen molar-refractivity contribution in [1.82, 2.24) is 14.2 Å². The van der Waals surface area contributed by atoms with Crippen molar-refractivity contribution in [3.8, 4) is 22.6 Å². The van der Waals surface area contributed by atoms with Gasteiger partial charge in [-0.3, -0.25) is 9.78 Å². The second kappa shape index (κ2) is 11.5. The molecule has 1 N–H and O–H groups in total. The van der Waals surface area contributed by atoms with Gasteiger partial charge in [0.1, 0.15) is 22.5 Å². The molecular formula is C28H33N3O6S. The number of para-hydroxylation sites is 1. The van der Waals surface area contributed by atoms with Crippen LogP contribution in [0.1, 0.15) is 24.2 Å². The maximum Gasteiger partial charge on any atom is 0.255 e. The summed E-state index contributed by atoms with van der Waals surface area (Å²) < 4.78 is 40.8. The van der Waals surface area contributed by atoms with Crippen LogP contribution in [0.25, 0.3) is 11.1 Å². The lowest BCUT2D eigenvalue weighted by atomic mass is 10.0. The van der Waals surface area contributed by atoms with Gasteiger partial charge >= 0.3 is 0 Å². The van der Waals surface area contributed by atoms with Crippen LogP contribution in [0.2, 0.25) is 0 Å². The molecule has 4 rings (SSSR count). The lowest BCUT2D eigenvalue weighted by Gasteiger charge is -2.37. The SMILES string of the molecule is COc1ccccc1-c1ccc2c(c1)O[C@H](CN(C)C(=O)c1cccnc1)[C@@H](C)CN([C@@H](C)CO)S2(=O)=O. The topological polar surface area (TPSA) is 109 Å². The molecule has 0 spiro atoms. The molecule has 0 fully saturated rings. The Morgan fingerprint density at radius 2 is 2.00 bits per heavy atom. The van der Waals surface area contributed by atoms with Crippen LogP contribution in [-0.2, 0) is 10.0 Å². The Kier molecular flexibility index (Phi) is 8.35. The number of aliphatic hydroxyl groups is 1. The number of hydrogen-bond acceptors (Lipinski definition) is 7. The monoisotopic (exact) mass is 539 g/mol. The molecule has 202 valence electrons. The number of amides is 1. The average Bonchev–Trinajstić information content (AvgIpc) is 2.94. The summed E-state index contributed by atoms with van der Waals surface area (Å²) in [7, 11) is -0.725. The second-order valence-corrected chi connectivity index (χ2v) is 11.4. The molecule has 0 unspecified atom stereocenters. The van der Waals surface area contributed by atoms with E-state index in [1.54, 1.807) is 56.4 Å². The lowest BCUT2D eigenvalue weighted by molar-refractivity contribution is 0.0563. The number of hydrogen-bond donors (Lipinski definition) is 1. The predicted molar refractivity (Wildman–Crippen MR) is 144 cm³/mol. The fourth-order valence-electron chi connectivity index (χ4n) is 4.56. The Bertz CT molecular complexity index is 1380. The summed E-state index contributed by atoms with van der Waals surface area (Å²) in [6.07, 6.45) is 2.58. The molecule has 3 aromatic rings. The van der Waals surface area contributed by atoms with E-state index < -0.39 is 22.2 Å². The fraction of sp³-hybridized carbons (Fsp3) is 0.357. The summed E-state index contributed by atoms with van der Waals surface area (Å²) in [5.41, 5.74) is 1.96. The van der Waals surface area contributed by atoms with Gasteiger partial charge in [-0.25, -0.2) is 8.42 Å². The van der Waals surface area contributed by atoms with Crippen molar-refractivity contribution in [3.63, 3.8) is 0 Å². The first-order valence-corrected chi connectivity index (χ1v) is 13.8. The summed E-state index contributed by atoms with van der Waals surface area (Å²) in [5.74, 6) is 0.309. The zero-order chi connectivity index (χ0) is 27.4. The average molecular weight is 540 g/mol. The van der Waals surface area contributed by atoms with Crippen molar-refractivity contribution in [2.24, 2.45) is 5.92 Å². The summed E-state index contributed by atoms with van der Waals surface area (Å²) >= 11 is 0. The van der Waals surface area contributed by atoms with Crippen molar-refractivity contribution >= 4 is 15.9 Å². The van der Waals surface area contributed by atoms with Crippen molar-refractivity contribution in [2.45, 2.75) is 30.9 Å². The van der Waals surface area contributed by atoms with E-state index in [0.29, 0.717) is 11.3 Å². The highest BCUT2D eigenvalue weighted by atomic mass is 32.2. The molecule has 1 amide bonds. The van der Waals surface area contributed by atoms with Crippen LogP contribution in [0.3, 0.4) is 0 Å². The van der Waals surface area contributed by atoms with E-state index in [1.165, 1.54) is 16.6 Å². The molecule has 2 heterocycles. The number of pyridine rings is 1. The normalized spacial score (nSPS) is 19.8. The minimum Gasteiger partial charge on any atom is -0.496 e. The molecule has 1 aromatic heterocycles. The number of rotatable bonds is 7. The van der Waals surface area contributed by atoms with E-state index in [9.17, 15) is 18.3 Å². The van der Waals surface area contributed by atoms with Crippen molar-refractivity contribution in [3.05, 3.63) is 72.6 Å². The zero-order valence-electron chi connectivity index (χ0n) is 21.9. The Morgan fingerprint density at radius 1 is 1.24 bits per heavy atom. The molecule has 1 aliphatic heterocycles. The Hall–Kier alpha value is -3.47. The summed E-state index contributed by atoms with van der Waals surface area (Å²) in [5, 5.41) is 9.87. The van der Waals surface area contributed by atoms with Crippen LogP contribution in [0.15, 0.2) is 71.9 Å². The Labute approximate surface area is 223 Å². The van der Waals surface area contributed by atoms with E-state index in [0.717, 1.165) is 11.1 Å². The minimum absolute atomic E-state index is 0.00888. The van der Waals surface area contributed by atoms with Gasteiger partial charge in [-0.2, -0.15) is 4.31 Å². The minimum atomic E-state index is -3.98. The largest absolute Gasteiger partial charge is 0.496 e. The number of carbonyl (C=O) groups excluding carboxylic acids is 1. The fourth-order valence-corrected chi connectivity index (χ4v) is 6.38. The van der Waals surface area contributed by atoms with E-state index >= 15 is 0 Å². The molecular weight excluding hydrogens is 506 g/mol. The second-order valence-electron chi connectivity index (χ2n) is 9.53. The van der Waals surface area contributed by atoms with Crippen LogP contribution in [0.4, 0.5) is 0 Å². The van der Waals surface area contributed by atoms with Crippen LogP contribution in [0, 0.1) is 5.92 Å². The van der Waals surface area contributed by atoms with Gasteiger partial charge in [-0.05, 0) is 42.8 Å². The highest BCUT2D eigenvalue weighted by Gasteiger charge is 2.38. The smallest absolute Gasteiger partial charge is 0.255 e. The van der Waals surface area contributed by atoms with E-state index in [-0.39, 0.29) is 42.2 Å². The number of ether oxygens (including phenoxy) is 2. The van der Waals surface area contributed by atoms with Crippen molar-refractivity contribution in [1.29, 1.82) is 0 Å². The number of sulfonamides is 1. The zero-order valence-corrected chi connectivity index (χ0v) is 22.8. The molecule has 38 heavy (non-hydrogen) atoms. The number of methoxy groups -OCH3 is 1. The Morgan fingerprint density at radius 3 is 2.68 bits per heavy atom. The van der Waals surface area contributed by atoms with Gasteiger partial charge in [-0.15, -0.1) is 0 Å². The molecule has 9 nitrogen and oxygen atoms in total. The van der Waals surface area contributed by atoms with Gasteiger partial charge in [0, 0.05) is 43.5 Å². The number of aromatic nitrogens is 1. The first kappa shape index (κ1) is 27.6. The van der Waals surface area contributed by atoms with Crippen molar-refractivity contribution in [2.75, 3.05) is 33.9 Å². The highest BCUT2D eigenvalue weighted by molar-refractivity contribution is 7.89. The lowest BCUT2D eigenvalue weighted by Crippen LogP contribution is -2.50. The quantitative estimate of drug-likeness (QED) is 0.491. The number of likely N-dealkylation sites (N-methyl/N-ethyl adjacent to an activating group) is 1. The molecule has 0 radical (unpaired) electrons. The van der Waals surface area contributed by atoms with Crippen LogP contribution in [0.5, 0.6) is 11.5 Å². The van der Waals surface area contributed by atoms with E-state index in [2.05, 4.69) is 4.98 Å². The van der Waals surface area contributed by atoms with Gasteiger partial charge in [0.2, 0.25) is 10.0 Å². The van der Waals surface area contributed by atoms with Gasteiger partial charge in [0.25, 0.3) is 5.91 Å². The van der Waals surface area contributed by atoms with E-state index in [1.807, 2.05) is 31.2 Å². The van der Waals surface area contributed by atoms with Crippen LogP contribution in [-0.4, -0.2) is 79.6 Å². The number of aliphatic hydroxyl groups excluding tert-OH is 1. The molecule has 0 aliphatic carbocycles. The molecule has 1 aliphatic rings. The third-order valence-corrected chi connectivity index (χ3v) is 8.81. The molecule has 0 saturated carbocycles.